The average molecular weight is 231 g/mol. The van der Waals surface area contributed by atoms with Crippen molar-refractivity contribution in [3.63, 3.8) is 0 Å². The molecule has 0 aromatic heterocycles. The number of hydrogen-bond donors (Lipinski definition) is 0. The van der Waals surface area contributed by atoms with Gasteiger partial charge in [0, 0.05) is 18.7 Å². The van der Waals surface area contributed by atoms with E-state index in [-0.39, 0.29) is 5.91 Å². The maximum atomic E-state index is 12.4. The predicted molar refractivity (Wildman–Crippen MR) is 70.0 cm³/mol. The molecule has 2 atom stereocenters. The first-order valence-corrected chi connectivity index (χ1v) is 6.43. The molecule has 1 aromatic rings. The van der Waals surface area contributed by atoms with E-state index < -0.39 is 0 Å². The Morgan fingerprint density at radius 1 is 1.18 bits per heavy atom. The fraction of sp³-hybridized carbons (Fsp3) is 0.533. The molecule has 0 spiro atoms. The minimum absolute atomic E-state index is 0.196. The van der Waals surface area contributed by atoms with Crippen LogP contribution in [0.4, 0.5) is 0 Å². The largest absolute Gasteiger partial charge is 0.338 e. The molecule has 2 heteroatoms. The van der Waals surface area contributed by atoms with Crippen molar-refractivity contribution in [3.8, 4) is 0 Å². The summed E-state index contributed by atoms with van der Waals surface area (Å²) < 4.78 is 0. The van der Waals surface area contributed by atoms with Crippen LogP contribution >= 0.6 is 0 Å². The summed E-state index contributed by atoms with van der Waals surface area (Å²) in [5, 5.41) is 0. The molecule has 1 aromatic carbocycles. The first kappa shape index (κ1) is 12.2. The molecule has 1 heterocycles. The van der Waals surface area contributed by atoms with E-state index in [9.17, 15) is 4.79 Å². The Morgan fingerprint density at radius 2 is 1.76 bits per heavy atom. The van der Waals surface area contributed by atoms with Crippen LogP contribution in [0.15, 0.2) is 24.3 Å². The molecule has 1 fully saturated rings. The lowest BCUT2D eigenvalue weighted by Crippen LogP contribution is -2.42. The predicted octanol–water partition coefficient (Wildman–Crippen LogP) is 3.11. The van der Waals surface area contributed by atoms with Crippen molar-refractivity contribution in [1.82, 2.24) is 4.90 Å². The van der Waals surface area contributed by atoms with Gasteiger partial charge >= 0.3 is 0 Å². The zero-order valence-corrected chi connectivity index (χ0v) is 10.9. The van der Waals surface area contributed by atoms with Crippen LogP contribution in [0.1, 0.15) is 36.2 Å². The number of nitrogens with zero attached hydrogens (tertiary/aromatic N) is 1. The number of carbonyl (C=O) groups is 1. The molecule has 1 amide bonds. The van der Waals surface area contributed by atoms with Crippen LogP contribution in [-0.4, -0.2) is 23.9 Å². The maximum Gasteiger partial charge on any atom is 0.254 e. The third-order valence-electron chi connectivity index (χ3n) is 3.53. The van der Waals surface area contributed by atoms with Crippen molar-refractivity contribution in [2.75, 3.05) is 13.1 Å². The minimum Gasteiger partial charge on any atom is -0.338 e. The first-order valence-electron chi connectivity index (χ1n) is 6.43. The molecule has 92 valence electrons. The summed E-state index contributed by atoms with van der Waals surface area (Å²) in [4.78, 5) is 14.5. The van der Waals surface area contributed by atoms with Crippen LogP contribution in [0.3, 0.4) is 0 Å². The Hall–Kier alpha value is -1.31. The second-order valence-corrected chi connectivity index (χ2v) is 5.47. The van der Waals surface area contributed by atoms with Gasteiger partial charge in [-0.25, -0.2) is 0 Å². The van der Waals surface area contributed by atoms with E-state index in [2.05, 4.69) is 13.8 Å². The van der Waals surface area contributed by atoms with Crippen molar-refractivity contribution >= 4 is 5.91 Å². The van der Waals surface area contributed by atoms with E-state index in [0.29, 0.717) is 11.8 Å². The van der Waals surface area contributed by atoms with Gasteiger partial charge in [0.2, 0.25) is 0 Å². The first-order chi connectivity index (χ1) is 8.08. The molecule has 2 unspecified atom stereocenters. The van der Waals surface area contributed by atoms with Gasteiger partial charge in [0.1, 0.15) is 0 Å². The molecule has 0 aliphatic carbocycles. The number of benzene rings is 1. The van der Waals surface area contributed by atoms with Gasteiger partial charge in [-0.1, -0.05) is 32.0 Å². The highest BCUT2D eigenvalue weighted by Crippen LogP contribution is 2.23. The van der Waals surface area contributed by atoms with Gasteiger partial charge in [-0.3, -0.25) is 4.79 Å². The van der Waals surface area contributed by atoms with E-state index in [4.69, 9.17) is 0 Å². The molecule has 0 bridgehead atoms. The SMILES string of the molecule is Cc1ccccc1C(=O)N1CC(C)CC(C)C1. The van der Waals surface area contributed by atoms with E-state index in [1.165, 1.54) is 6.42 Å². The van der Waals surface area contributed by atoms with Crippen molar-refractivity contribution < 1.29 is 4.79 Å². The standard InChI is InChI=1S/C15H21NO/c1-11-8-12(2)10-16(9-11)15(17)14-7-5-4-6-13(14)3/h4-7,11-12H,8-10H2,1-3H3. The summed E-state index contributed by atoms with van der Waals surface area (Å²) in [6.45, 7) is 8.26. The lowest BCUT2D eigenvalue weighted by Gasteiger charge is -2.35. The van der Waals surface area contributed by atoms with Gasteiger partial charge in [0.25, 0.3) is 5.91 Å². The van der Waals surface area contributed by atoms with Gasteiger partial charge in [-0.05, 0) is 36.8 Å². The van der Waals surface area contributed by atoms with Gasteiger partial charge in [-0.2, -0.15) is 0 Å². The highest BCUT2D eigenvalue weighted by atomic mass is 16.2. The molecule has 0 N–H and O–H groups in total. The molecule has 1 saturated heterocycles. The summed E-state index contributed by atoms with van der Waals surface area (Å²) in [7, 11) is 0. The van der Waals surface area contributed by atoms with Crippen LogP contribution in [0.5, 0.6) is 0 Å². The number of rotatable bonds is 1. The number of aryl methyl sites for hydroxylation is 1. The van der Waals surface area contributed by atoms with Crippen molar-refractivity contribution in [2.24, 2.45) is 11.8 Å². The van der Waals surface area contributed by atoms with Crippen LogP contribution < -0.4 is 0 Å². The van der Waals surface area contributed by atoms with Gasteiger partial charge in [0.15, 0.2) is 0 Å². The molecular formula is C15H21NO. The fourth-order valence-electron chi connectivity index (χ4n) is 2.81. The van der Waals surface area contributed by atoms with Crippen LogP contribution in [-0.2, 0) is 0 Å². The lowest BCUT2D eigenvalue weighted by molar-refractivity contribution is 0.0622. The van der Waals surface area contributed by atoms with Crippen LogP contribution in [0.25, 0.3) is 0 Å². The fourth-order valence-corrected chi connectivity index (χ4v) is 2.81. The smallest absolute Gasteiger partial charge is 0.254 e. The van der Waals surface area contributed by atoms with E-state index in [1.54, 1.807) is 0 Å². The molecule has 2 nitrogen and oxygen atoms in total. The minimum atomic E-state index is 0.196. The molecule has 0 saturated carbocycles. The third kappa shape index (κ3) is 2.68. The Labute approximate surface area is 104 Å². The Kier molecular flexibility index (Phi) is 3.51. The summed E-state index contributed by atoms with van der Waals surface area (Å²) >= 11 is 0. The molecule has 0 radical (unpaired) electrons. The number of hydrogen-bond acceptors (Lipinski definition) is 1. The van der Waals surface area contributed by atoms with E-state index >= 15 is 0 Å². The van der Waals surface area contributed by atoms with E-state index in [1.807, 2.05) is 36.1 Å². The van der Waals surface area contributed by atoms with Gasteiger partial charge in [-0.15, -0.1) is 0 Å². The van der Waals surface area contributed by atoms with Crippen molar-refractivity contribution in [1.29, 1.82) is 0 Å². The molecule has 17 heavy (non-hydrogen) atoms. The zero-order chi connectivity index (χ0) is 12.4. The summed E-state index contributed by atoms with van der Waals surface area (Å²) in [6.07, 6.45) is 1.23. The Morgan fingerprint density at radius 3 is 2.35 bits per heavy atom. The van der Waals surface area contributed by atoms with Crippen molar-refractivity contribution in [3.05, 3.63) is 35.4 Å². The zero-order valence-electron chi connectivity index (χ0n) is 10.9. The number of likely N-dealkylation sites (tertiary alicyclic amines) is 1. The highest BCUT2D eigenvalue weighted by Gasteiger charge is 2.26. The normalized spacial score (nSPS) is 24.8. The highest BCUT2D eigenvalue weighted by molar-refractivity contribution is 5.95. The molecule has 2 rings (SSSR count). The molecule has 1 aliphatic heterocycles. The number of amides is 1. The molecule has 1 aliphatic rings. The summed E-state index contributed by atoms with van der Waals surface area (Å²) in [6, 6.07) is 7.86. The van der Waals surface area contributed by atoms with Crippen LogP contribution in [0.2, 0.25) is 0 Å². The van der Waals surface area contributed by atoms with E-state index in [0.717, 1.165) is 24.2 Å². The monoisotopic (exact) mass is 231 g/mol. The molecular weight excluding hydrogens is 210 g/mol. The van der Waals surface area contributed by atoms with Gasteiger partial charge in [0.05, 0.1) is 0 Å². The number of carbonyl (C=O) groups excluding carboxylic acids is 1. The van der Waals surface area contributed by atoms with Crippen molar-refractivity contribution in [2.45, 2.75) is 27.2 Å². The lowest BCUT2D eigenvalue weighted by atomic mass is 9.91. The second-order valence-electron chi connectivity index (χ2n) is 5.47. The summed E-state index contributed by atoms with van der Waals surface area (Å²) in [5.74, 6) is 1.43. The second kappa shape index (κ2) is 4.91. The van der Waals surface area contributed by atoms with Crippen LogP contribution in [0, 0.1) is 18.8 Å². The van der Waals surface area contributed by atoms with Gasteiger partial charge < -0.3 is 4.90 Å². The number of piperidine rings is 1. The average Bonchev–Trinajstić information content (AvgIpc) is 2.27. The quantitative estimate of drug-likeness (QED) is 0.727. The Balaban J connectivity index is 2.17. The Bertz CT molecular complexity index is 403. The third-order valence-corrected chi connectivity index (χ3v) is 3.53. The summed E-state index contributed by atoms with van der Waals surface area (Å²) in [5.41, 5.74) is 1.93. The topological polar surface area (TPSA) is 20.3 Å². The maximum absolute atomic E-state index is 12.4.